The van der Waals surface area contributed by atoms with Crippen molar-refractivity contribution in [2.24, 2.45) is 0 Å². The van der Waals surface area contributed by atoms with Gasteiger partial charge in [-0.2, -0.15) is 0 Å². The van der Waals surface area contributed by atoms with Crippen LogP contribution < -0.4 is 4.90 Å². The van der Waals surface area contributed by atoms with Crippen LogP contribution in [0, 0.1) is 0 Å². The van der Waals surface area contributed by atoms with Gasteiger partial charge in [-0.3, -0.25) is 0 Å². The molecule has 3 aliphatic rings. The number of hydrogen-bond acceptors (Lipinski definition) is 3. The molecular weight excluding hydrogens is 693 g/mol. The van der Waals surface area contributed by atoms with E-state index < -0.39 is 0 Å². The maximum absolute atomic E-state index is 5.16. The van der Waals surface area contributed by atoms with E-state index in [-0.39, 0.29) is 12.0 Å². The monoisotopic (exact) mass is 730 g/mol. The fraction of sp³-hybridized carbons (Fsp3) is 0.0566. The molecule has 2 aliphatic carbocycles. The molecule has 2 atom stereocenters. The quantitative estimate of drug-likeness (QED) is 0.171. The number of fused-ring (bicyclic) bond motifs is 5. The summed E-state index contributed by atoms with van der Waals surface area (Å²) < 4.78 is 2.41. The van der Waals surface area contributed by atoms with Crippen LogP contribution in [0.3, 0.4) is 0 Å². The molecule has 2 bridgehead atoms. The predicted octanol–water partition coefficient (Wildman–Crippen LogP) is 12.8. The number of nitrogens with zero attached hydrogens (tertiary/aromatic N) is 4. The van der Waals surface area contributed by atoms with Crippen molar-refractivity contribution in [1.29, 1.82) is 0 Å². The molecule has 0 amide bonds. The molecule has 6 aromatic carbocycles. The smallest absolute Gasteiger partial charge is 0.160 e. The molecule has 4 nitrogen and oxygen atoms in total. The summed E-state index contributed by atoms with van der Waals surface area (Å²) in [4.78, 5) is 12.7. The highest BCUT2D eigenvalue weighted by Crippen LogP contribution is 2.44. The molecule has 0 fully saturated rings. The topological polar surface area (TPSA) is 34.0 Å². The van der Waals surface area contributed by atoms with Crippen LogP contribution in [-0.4, -0.2) is 20.6 Å². The minimum Gasteiger partial charge on any atom is -0.331 e. The highest BCUT2D eigenvalue weighted by atomic mass is 15.2. The Hall–Kier alpha value is -7.30. The molecule has 8 aromatic rings. The summed E-state index contributed by atoms with van der Waals surface area (Å²) in [5.41, 5.74) is 14.9. The van der Waals surface area contributed by atoms with Gasteiger partial charge in [0.05, 0.1) is 28.5 Å². The van der Waals surface area contributed by atoms with Gasteiger partial charge < -0.3 is 9.47 Å². The molecule has 57 heavy (non-hydrogen) atoms. The Morgan fingerprint density at radius 1 is 0.509 bits per heavy atom. The minimum atomic E-state index is 0.0771. The van der Waals surface area contributed by atoms with Gasteiger partial charge in [0.1, 0.15) is 0 Å². The van der Waals surface area contributed by atoms with Gasteiger partial charge in [0.15, 0.2) is 5.82 Å². The number of rotatable bonds is 6. The van der Waals surface area contributed by atoms with Crippen molar-refractivity contribution in [1.82, 2.24) is 14.5 Å². The van der Waals surface area contributed by atoms with Crippen molar-refractivity contribution in [3.05, 3.63) is 229 Å². The van der Waals surface area contributed by atoms with E-state index in [1.54, 1.807) is 0 Å². The van der Waals surface area contributed by atoms with Crippen molar-refractivity contribution < 1.29 is 0 Å². The molecule has 3 heterocycles. The number of para-hydroxylation sites is 2. The third-order valence-electron chi connectivity index (χ3n) is 11.6. The van der Waals surface area contributed by atoms with Crippen LogP contribution in [0.15, 0.2) is 223 Å². The Morgan fingerprint density at radius 3 is 2.02 bits per heavy atom. The fourth-order valence-corrected chi connectivity index (χ4v) is 8.84. The number of hydrogen-bond donors (Lipinski definition) is 0. The molecule has 2 aromatic heterocycles. The Bertz CT molecular complexity index is 2930. The molecule has 1 unspecified atom stereocenters. The van der Waals surface area contributed by atoms with E-state index in [0.29, 0.717) is 5.82 Å². The second-order valence-corrected chi connectivity index (χ2v) is 15.0. The summed E-state index contributed by atoms with van der Waals surface area (Å²) in [6.07, 6.45) is 17.1. The van der Waals surface area contributed by atoms with Crippen LogP contribution in [0.1, 0.15) is 17.9 Å². The minimum absolute atomic E-state index is 0.0771. The van der Waals surface area contributed by atoms with Crippen LogP contribution in [0.5, 0.6) is 0 Å². The van der Waals surface area contributed by atoms with Crippen molar-refractivity contribution >= 4 is 27.5 Å². The maximum Gasteiger partial charge on any atom is 0.160 e. The zero-order valence-corrected chi connectivity index (χ0v) is 31.3. The van der Waals surface area contributed by atoms with Crippen molar-refractivity contribution in [2.75, 3.05) is 4.90 Å². The number of allylic oxidation sites excluding steroid dienone is 7. The van der Waals surface area contributed by atoms with E-state index >= 15 is 0 Å². The standard InChI is InChI=1S/C53H38N4/c1-4-15-36(16-5-1)48-35-49(55-53(54-48)37-17-6-2-7-18-37)41-20-14-24-44(32-41)56-43-23-11-10-19-40(31-43)47-33-38(28-30-51(47)56)39-27-29-46-45-25-12-13-26-50(45)57(52(46)34-39)42-21-8-3-9-22-42/h1-32,34-35,38,43H,33H2/t38-,43?/m1/s1. The Morgan fingerprint density at radius 2 is 1.19 bits per heavy atom. The zero-order chi connectivity index (χ0) is 37.7. The van der Waals surface area contributed by atoms with Gasteiger partial charge >= 0.3 is 0 Å². The van der Waals surface area contributed by atoms with Gasteiger partial charge in [-0.05, 0) is 71.7 Å². The molecule has 0 radical (unpaired) electrons. The van der Waals surface area contributed by atoms with Crippen molar-refractivity contribution in [3.8, 4) is 39.6 Å². The molecule has 4 heteroatoms. The Kier molecular flexibility index (Phi) is 7.99. The molecule has 270 valence electrons. The molecule has 0 saturated heterocycles. The van der Waals surface area contributed by atoms with Gasteiger partial charge in [0.25, 0.3) is 0 Å². The van der Waals surface area contributed by atoms with Crippen molar-refractivity contribution in [3.63, 3.8) is 0 Å². The van der Waals surface area contributed by atoms with E-state index in [1.165, 1.54) is 49.9 Å². The largest absolute Gasteiger partial charge is 0.331 e. The summed E-state index contributed by atoms with van der Waals surface area (Å²) >= 11 is 0. The van der Waals surface area contributed by atoms with Gasteiger partial charge in [-0.1, -0.05) is 158 Å². The lowest BCUT2D eigenvalue weighted by molar-refractivity contribution is 0.768. The third kappa shape index (κ3) is 5.85. The molecule has 0 saturated carbocycles. The summed E-state index contributed by atoms with van der Waals surface area (Å²) in [5, 5.41) is 2.56. The van der Waals surface area contributed by atoms with Crippen LogP contribution in [0.4, 0.5) is 5.69 Å². The van der Waals surface area contributed by atoms with E-state index in [2.05, 4.69) is 192 Å². The molecule has 0 N–H and O–H groups in total. The average molecular weight is 731 g/mol. The lowest BCUT2D eigenvalue weighted by Gasteiger charge is -2.39. The van der Waals surface area contributed by atoms with Gasteiger partial charge in [0.2, 0.25) is 0 Å². The second kappa shape index (κ2) is 13.8. The fourth-order valence-electron chi connectivity index (χ4n) is 8.84. The second-order valence-electron chi connectivity index (χ2n) is 15.0. The van der Waals surface area contributed by atoms with E-state index in [1.807, 2.05) is 24.3 Å². The first-order valence-electron chi connectivity index (χ1n) is 19.7. The molecule has 0 spiro atoms. The van der Waals surface area contributed by atoms with Gasteiger partial charge in [-0.15, -0.1) is 0 Å². The SMILES string of the molecule is C1=CC2=CC(C=C1)N(c1cccc(-c3cc(-c4ccccc4)nc(-c4ccccc4)n3)c1)C1=C2C[C@H](c2ccc3c4ccccc4n(-c4ccccc4)c3c2)C=C1. The average Bonchev–Trinajstić information content (AvgIpc) is 3.47. The summed E-state index contributed by atoms with van der Waals surface area (Å²) in [5.74, 6) is 0.953. The first kappa shape index (κ1) is 33.1. The number of aromatic nitrogens is 3. The Labute approximate surface area is 332 Å². The third-order valence-corrected chi connectivity index (χ3v) is 11.6. The zero-order valence-electron chi connectivity index (χ0n) is 31.3. The lowest BCUT2D eigenvalue weighted by Crippen LogP contribution is -2.36. The van der Waals surface area contributed by atoms with Crippen molar-refractivity contribution in [2.45, 2.75) is 18.4 Å². The highest BCUT2D eigenvalue weighted by Gasteiger charge is 2.31. The van der Waals surface area contributed by atoms with Crippen LogP contribution in [0.25, 0.3) is 61.4 Å². The van der Waals surface area contributed by atoms with Crippen LogP contribution in [-0.2, 0) is 0 Å². The van der Waals surface area contributed by atoms with Crippen LogP contribution >= 0.6 is 0 Å². The normalized spacial score (nSPS) is 17.2. The number of benzene rings is 6. The molecule has 1 aliphatic heterocycles. The number of anilines is 1. The van der Waals surface area contributed by atoms with Crippen LogP contribution in [0.2, 0.25) is 0 Å². The Balaban J connectivity index is 0.986. The summed E-state index contributed by atoms with van der Waals surface area (Å²) in [6.45, 7) is 0. The van der Waals surface area contributed by atoms with E-state index in [0.717, 1.165) is 40.2 Å². The van der Waals surface area contributed by atoms with Gasteiger partial charge in [-0.25, -0.2) is 9.97 Å². The lowest BCUT2D eigenvalue weighted by atomic mass is 9.81. The molecule has 11 rings (SSSR count). The highest BCUT2D eigenvalue weighted by molar-refractivity contribution is 6.09. The first-order chi connectivity index (χ1) is 28.2. The maximum atomic E-state index is 5.16. The predicted molar refractivity (Wildman–Crippen MR) is 235 cm³/mol. The van der Waals surface area contributed by atoms with Gasteiger partial charge in [0, 0.05) is 50.5 Å². The van der Waals surface area contributed by atoms with E-state index in [9.17, 15) is 0 Å². The van der Waals surface area contributed by atoms with E-state index in [4.69, 9.17) is 9.97 Å². The molecular formula is C53H38N4. The summed E-state index contributed by atoms with van der Waals surface area (Å²) in [7, 11) is 0. The first-order valence-corrected chi connectivity index (χ1v) is 19.7. The summed E-state index contributed by atoms with van der Waals surface area (Å²) in [6, 6.07) is 58.2.